The maximum Gasteiger partial charge on any atom is 0.264 e. The van der Waals surface area contributed by atoms with Gasteiger partial charge in [0.15, 0.2) is 6.29 Å². The van der Waals surface area contributed by atoms with Crippen molar-refractivity contribution in [3.05, 3.63) is 70.3 Å². The van der Waals surface area contributed by atoms with Crippen LogP contribution in [-0.4, -0.2) is 59.3 Å². The molecule has 0 bridgehead atoms. The number of aryl methyl sites for hydroxylation is 1. The van der Waals surface area contributed by atoms with Crippen LogP contribution in [0.1, 0.15) is 54.1 Å². The molecule has 2 aromatic rings. The van der Waals surface area contributed by atoms with E-state index < -0.39 is 21.5 Å². The van der Waals surface area contributed by atoms with Crippen LogP contribution in [0.5, 0.6) is 5.75 Å². The first-order valence-corrected chi connectivity index (χ1v) is 16.3. The molecule has 3 aliphatic rings. The Labute approximate surface area is 247 Å². The minimum atomic E-state index is -3.73. The lowest BCUT2D eigenvalue weighted by molar-refractivity contribution is -0.135. The van der Waals surface area contributed by atoms with Crippen LogP contribution in [0.15, 0.2) is 48.6 Å². The molecule has 0 saturated heterocycles. The van der Waals surface area contributed by atoms with Gasteiger partial charge in [0.25, 0.3) is 5.91 Å². The van der Waals surface area contributed by atoms with Gasteiger partial charge in [-0.2, -0.15) is 0 Å². The molecule has 1 amide bonds. The standard InChI is InChI=1S/C31H37ClN2O6S/c1-4-13-31(19-35,39-2)26-10-7-23(26)17-34-18-30(14-5-6-21-15-24(32)9-11-25(21)30)20-40-28-12-8-22(16-27(28)34)29(36)33-41(3,37)38/h4,8-9,11-13,15-16,19,23,26H,5-7,10,14,17-18,20H2,1-3H3,(H,33,36)/b13-4+/t23-,26+,30-,31-/m0/s1. The molecule has 41 heavy (non-hydrogen) atoms. The Morgan fingerprint density at radius 1 is 1.27 bits per heavy atom. The molecule has 10 heteroatoms. The SMILES string of the molecule is C/C=C/[C@@](C=O)(OC)[C@@H]1CC[C@H]1CN1C[C@@]2(CCCc3cc(Cl)ccc32)COc2ccc(C(=O)NS(C)(=O)=O)cc21. The number of nitrogens with zero attached hydrogens (tertiary/aromatic N) is 1. The van der Waals surface area contributed by atoms with E-state index in [1.165, 1.54) is 11.1 Å². The average molecular weight is 601 g/mol. The smallest absolute Gasteiger partial charge is 0.264 e. The number of allylic oxidation sites excluding steroid dienone is 1. The van der Waals surface area contributed by atoms with Gasteiger partial charge in [-0.15, -0.1) is 0 Å². The number of hydrogen-bond donors (Lipinski definition) is 1. The zero-order valence-corrected chi connectivity index (χ0v) is 25.3. The largest absolute Gasteiger partial charge is 0.490 e. The summed E-state index contributed by atoms with van der Waals surface area (Å²) >= 11 is 6.37. The number of amides is 1. The summed E-state index contributed by atoms with van der Waals surface area (Å²) in [5, 5.41) is 0.711. The van der Waals surface area contributed by atoms with Gasteiger partial charge in [-0.05, 0) is 92.5 Å². The number of benzene rings is 2. The van der Waals surface area contributed by atoms with Gasteiger partial charge in [-0.25, -0.2) is 13.1 Å². The quantitative estimate of drug-likeness (QED) is 0.346. The number of hydrogen-bond acceptors (Lipinski definition) is 7. The maximum absolute atomic E-state index is 12.8. The van der Waals surface area contributed by atoms with Gasteiger partial charge in [0.05, 0.1) is 18.6 Å². The number of carbonyl (C=O) groups is 2. The highest BCUT2D eigenvalue weighted by Crippen LogP contribution is 2.48. The van der Waals surface area contributed by atoms with E-state index in [1.807, 2.05) is 31.2 Å². The van der Waals surface area contributed by atoms with Crippen LogP contribution < -0.4 is 14.4 Å². The summed E-state index contributed by atoms with van der Waals surface area (Å²) in [6.07, 6.45) is 10.2. The molecule has 5 rings (SSSR count). The molecule has 8 nitrogen and oxygen atoms in total. The summed E-state index contributed by atoms with van der Waals surface area (Å²) in [4.78, 5) is 27.4. The van der Waals surface area contributed by atoms with Crippen LogP contribution in [0.4, 0.5) is 5.69 Å². The van der Waals surface area contributed by atoms with Crippen molar-refractivity contribution >= 4 is 39.5 Å². The molecule has 220 valence electrons. The number of anilines is 1. The molecule has 0 radical (unpaired) electrons. The number of sulfonamides is 1. The summed E-state index contributed by atoms with van der Waals surface area (Å²) in [6.45, 7) is 3.61. The molecule has 1 spiro atoms. The number of methoxy groups -OCH3 is 1. The first kappa shape index (κ1) is 29.6. The van der Waals surface area contributed by atoms with E-state index in [9.17, 15) is 18.0 Å². The molecule has 1 saturated carbocycles. The fourth-order valence-electron chi connectivity index (χ4n) is 6.93. The lowest BCUT2D eigenvalue weighted by atomic mass is 9.64. The van der Waals surface area contributed by atoms with Gasteiger partial charge in [0.2, 0.25) is 10.0 Å². The number of ether oxygens (including phenoxy) is 2. The number of rotatable bonds is 8. The van der Waals surface area contributed by atoms with Crippen LogP contribution in [0.3, 0.4) is 0 Å². The summed E-state index contributed by atoms with van der Waals surface area (Å²) in [6, 6.07) is 11.1. The molecular weight excluding hydrogens is 564 g/mol. The zero-order valence-electron chi connectivity index (χ0n) is 23.7. The van der Waals surface area contributed by atoms with Gasteiger partial charge >= 0.3 is 0 Å². The first-order chi connectivity index (χ1) is 19.5. The minimum absolute atomic E-state index is 0.000985. The van der Waals surface area contributed by atoms with Crippen molar-refractivity contribution in [1.82, 2.24) is 4.72 Å². The van der Waals surface area contributed by atoms with E-state index in [4.69, 9.17) is 21.1 Å². The molecule has 1 aliphatic heterocycles. The van der Waals surface area contributed by atoms with Crippen molar-refractivity contribution < 1.29 is 27.5 Å². The lowest BCUT2D eigenvalue weighted by Crippen LogP contribution is -2.53. The van der Waals surface area contributed by atoms with E-state index in [1.54, 1.807) is 25.3 Å². The predicted molar refractivity (Wildman–Crippen MR) is 159 cm³/mol. The third-order valence-electron chi connectivity index (χ3n) is 8.99. The Kier molecular flexibility index (Phi) is 8.25. The Hall–Kier alpha value is -2.88. The van der Waals surface area contributed by atoms with Gasteiger partial charge in [0.1, 0.15) is 11.4 Å². The van der Waals surface area contributed by atoms with Gasteiger partial charge in [0, 0.05) is 42.1 Å². The third-order valence-corrected chi connectivity index (χ3v) is 9.79. The second kappa shape index (κ2) is 11.4. The minimum Gasteiger partial charge on any atom is -0.490 e. The second-order valence-corrected chi connectivity index (χ2v) is 13.8. The molecule has 4 atom stereocenters. The van der Waals surface area contributed by atoms with Crippen LogP contribution in [0.2, 0.25) is 5.02 Å². The Bertz CT molecular complexity index is 1480. The topological polar surface area (TPSA) is 102 Å². The zero-order chi connectivity index (χ0) is 29.4. The number of fused-ring (bicyclic) bond motifs is 3. The van der Waals surface area contributed by atoms with Crippen LogP contribution in [-0.2, 0) is 31.4 Å². The molecule has 0 aromatic heterocycles. The van der Waals surface area contributed by atoms with Crippen molar-refractivity contribution in [3.63, 3.8) is 0 Å². The van der Waals surface area contributed by atoms with E-state index in [0.717, 1.165) is 50.3 Å². The van der Waals surface area contributed by atoms with E-state index in [0.29, 0.717) is 30.5 Å². The number of carbonyl (C=O) groups excluding carboxylic acids is 2. The highest BCUT2D eigenvalue weighted by Gasteiger charge is 2.49. The maximum atomic E-state index is 12.8. The van der Waals surface area contributed by atoms with Crippen LogP contribution in [0, 0.1) is 11.8 Å². The molecule has 2 aromatic carbocycles. The predicted octanol–water partition coefficient (Wildman–Crippen LogP) is 4.69. The second-order valence-electron chi connectivity index (χ2n) is 11.6. The number of aldehydes is 1. The average Bonchev–Trinajstić information content (AvgIpc) is 3.06. The molecule has 1 heterocycles. The van der Waals surface area contributed by atoms with E-state index in [-0.39, 0.29) is 22.8 Å². The Morgan fingerprint density at radius 3 is 2.73 bits per heavy atom. The first-order valence-electron chi connectivity index (χ1n) is 14.0. The fourth-order valence-corrected chi connectivity index (χ4v) is 7.57. The highest BCUT2D eigenvalue weighted by atomic mass is 35.5. The number of halogens is 1. The van der Waals surface area contributed by atoms with Crippen LogP contribution in [0.25, 0.3) is 0 Å². The van der Waals surface area contributed by atoms with Crippen molar-refractivity contribution in [3.8, 4) is 5.75 Å². The summed E-state index contributed by atoms with van der Waals surface area (Å²) < 4.78 is 37.9. The van der Waals surface area contributed by atoms with E-state index >= 15 is 0 Å². The van der Waals surface area contributed by atoms with Gasteiger partial charge in [-0.1, -0.05) is 23.7 Å². The van der Waals surface area contributed by atoms with Crippen LogP contribution >= 0.6 is 11.6 Å². The Balaban J connectivity index is 1.56. The molecule has 0 unspecified atom stereocenters. The normalized spacial score (nSPS) is 25.3. The molecule has 2 aliphatic carbocycles. The summed E-state index contributed by atoms with van der Waals surface area (Å²) in [7, 11) is -2.16. The van der Waals surface area contributed by atoms with Crippen molar-refractivity contribution in [2.24, 2.45) is 11.8 Å². The van der Waals surface area contributed by atoms with Crippen molar-refractivity contribution in [1.29, 1.82) is 0 Å². The molecule has 1 N–H and O–H groups in total. The third kappa shape index (κ3) is 5.76. The van der Waals surface area contributed by atoms with E-state index in [2.05, 4.69) is 15.7 Å². The summed E-state index contributed by atoms with van der Waals surface area (Å²) in [5.41, 5.74) is 2.10. The van der Waals surface area contributed by atoms with Crippen molar-refractivity contribution in [2.45, 2.75) is 50.0 Å². The number of nitrogens with one attached hydrogen (secondary N) is 1. The highest BCUT2D eigenvalue weighted by molar-refractivity contribution is 7.89. The summed E-state index contributed by atoms with van der Waals surface area (Å²) in [5.74, 6) is 0.0949. The Morgan fingerprint density at radius 2 is 2.07 bits per heavy atom. The van der Waals surface area contributed by atoms with Gasteiger partial charge < -0.3 is 14.4 Å². The van der Waals surface area contributed by atoms with Gasteiger partial charge in [-0.3, -0.25) is 9.59 Å². The monoisotopic (exact) mass is 600 g/mol. The van der Waals surface area contributed by atoms with Crippen molar-refractivity contribution in [2.75, 3.05) is 38.0 Å². The fraction of sp³-hybridized carbons (Fsp3) is 0.484. The molecule has 1 fully saturated rings. The lowest BCUT2D eigenvalue weighted by Gasteiger charge is -2.48. The molecular formula is C31H37ClN2O6S.